The second kappa shape index (κ2) is 6.65. The first-order valence-electron chi connectivity index (χ1n) is 7.97. The van der Waals surface area contributed by atoms with Gasteiger partial charge in [-0.1, -0.05) is 37.3 Å². The maximum Gasteiger partial charge on any atom is 0.338 e. The van der Waals surface area contributed by atoms with E-state index in [-0.39, 0.29) is 5.97 Å². The molecule has 0 aliphatic carbocycles. The molecule has 0 atom stereocenters. The van der Waals surface area contributed by atoms with E-state index in [1.165, 1.54) is 0 Å². The van der Waals surface area contributed by atoms with Crippen LogP contribution in [0.4, 0.5) is 0 Å². The number of carbonyl (C=O) groups is 1. The topological polar surface area (TPSA) is 44.1 Å². The van der Waals surface area contributed by atoms with Crippen LogP contribution in [0.2, 0.25) is 0 Å². The predicted molar refractivity (Wildman–Crippen MR) is 91.4 cm³/mol. The molecule has 2 aromatic carbocycles. The lowest BCUT2D eigenvalue weighted by Gasteiger charge is -2.03. The van der Waals surface area contributed by atoms with Crippen molar-refractivity contribution < 1.29 is 9.53 Å². The Morgan fingerprint density at radius 3 is 2.52 bits per heavy atom. The van der Waals surface area contributed by atoms with Crippen molar-refractivity contribution in [2.45, 2.75) is 26.8 Å². The molecule has 0 saturated heterocycles. The van der Waals surface area contributed by atoms with Crippen molar-refractivity contribution in [1.82, 2.24) is 9.78 Å². The van der Waals surface area contributed by atoms with E-state index in [4.69, 9.17) is 9.84 Å². The average molecular weight is 308 g/mol. The first-order valence-corrected chi connectivity index (χ1v) is 7.97. The number of fused-ring (bicyclic) bond motifs is 1. The van der Waals surface area contributed by atoms with Crippen LogP contribution in [-0.4, -0.2) is 22.4 Å². The van der Waals surface area contributed by atoms with Gasteiger partial charge < -0.3 is 4.74 Å². The minimum Gasteiger partial charge on any atom is -0.462 e. The third-order valence-corrected chi connectivity index (χ3v) is 3.76. The summed E-state index contributed by atoms with van der Waals surface area (Å²) in [6.45, 7) is 5.22. The van der Waals surface area contributed by atoms with E-state index >= 15 is 0 Å². The summed E-state index contributed by atoms with van der Waals surface area (Å²) in [6.07, 6.45) is 1.03. The molecule has 0 N–H and O–H groups in total. The lowest BCUT2D eigenvalue weighted by molar-refractivity contribution is 0.0526. The molecule has 4 nitrogen and oxygen atoms in total. The number of benzene rings is 2. The smallest absolute Gasteiger partial charge is 0.338 e. The van der Waals surface area contributed by atoms with Crippen molar-refractivity contribution in [3.8, 4) is 11.3 Å². The number of carbonyl (C=O) groups excluding carboxylic acids is 1. The normalized spacial score (nSPS) is 10.9. The quantitative estimate of drug-likeness (QED) is 0.660. The summed E-state index contributed by atoms with van der Waals surface area (Å²) in [5, 5.41) is 5.89. The summed E-state index contributed by atoms with van der Waals surface area (Å²) in [5.74, 6) is -0.291. The number of para-hydroxylation sites is 1. The van der Waals surface area contributed by atoms with Gasteiger partial charge in [-0.3, -0.25) is 4.68 Å². The number of ether oxygens (including phenoxy) is 1. The van der Waals surface area contributed by atoms with Gasteiger partial charge in [-0.2, -0.15) is 5.10 Å². The van der Waals surface area contributed by atoms with E-state index in [1.807, 2.05) is 28.9 Å². The van der Waals surface area contributed by atoms with Gasteiger partial charge in [0.15, 0.2) is 0 Å². The minimum absolute atomic E-state index is 0.291. The van der Waals surface area contributed by atoms with Gasteiger partial charge in [-0.25, -0.2) is 4.79 Å². The van der Waals surface area contributed by atoms with Crippen LogP contribution in [0.5, 0.6) is 0 Å². The highest BCUT2D eigenvalue weighted by Crippen LogP contribution is 2.28. The van der Waals surface area contributed by atoms with Crippen molar-refractivity contribution in [1.29, 1.82) is 0 Å². The largest absolute Gasteiger partial charge is 0.462 e. The molecule has 0 amide bonds. The highest BCUT2D eigenvalue weighted by molar-refractivity contribution is 5.94. The van der Waals surface area contributed by atoms with E-state index in [9.17, 15) is 4.79 Å². The molecule has 0 spiro atoms. The fourth-order valence-corrected chi connectivity index (χ4v) is 2.70. The molecular weight excluding hydrogens is 288 g/mol. The Morgan fingerprint density at radius 1 is 1.09 bits per heavy atom. The summed E-state index contributed by atoms with van der Waals surface area (Å²) in [4.78, 5) is 11.8. The second-order valence-corrected chi connectivity index (χ2v) is 5.39. The number of hydrogen-bond donors (Lipinski definition) is 0. The van der Waals surface area contributed by atoms with Gasteiger partial charge in [0, 0.05) is 17.5 Å². The highest BCUT2D eigenvalue weighted by Gasteiger charge is 2.12. The highest BCUT2D eigenvalue weighted by atomic mass is 16.5. The molecule has 0 saturated carbocycles. The number of esters is 1. The van der Waals surface area contributed by atoms with Gasteiger partial charge in [-0.15, -0.1) is 0 Å². The van der Waals surface area contributed by atoms with E-state index in [2.05, 4.69) is 19.1 Å². The number of aromatic nitrogens is 2. The molecule has 4 heteroatoms. The van der Waals surface area contributed by atoms with E-state index < -0.39 is 0 Å². The molecule has 23 heavy (non-hydrogen) atoms. The molecule has 0 aliphatic heterocycles. The fourth-order valence-electron chi connectivity index (χ4n) is 2.70. The van der Waals surface area contributed by atoms with Crippen molar-refractivity contribution >= 4 is 16.9 Å². The zero-order valence-electron chi connectivity index (χ0n) is 13.5. The summed E-state index contributed by atoms with van der Waals surface area (Å²) in [6, 6.07) is 15.7. The lowest BCUT2D eigenvalue weighted by atomic mass is 10.1. The van der Waals surface area contributed by atoms with Crippen LogP contribution >= 0.6 is 0 Å². The Morgan fingerprint density at radius 2 is 1.83 bits per heavy atom. The predicted octanol–water partition coefficient (Wildman–Crippen LogP) is 4.29. The Labute approximate surface area is 135 Å². The first kappa shape index (κ1) is 15.3. The average Bonchev–Trinajstić information content (AvgIpc) is 2.95. The molecule has 0 fully saturated rings. The monoisotopic (exact) mass is 308 g/mol. The third kappa shape index (κ3) is 2.97. The molecule has 3 rings (SSSR count). The Bertz CT molecular complexity index is 819. The summed E-state index contributed by atoms with van der Waals surface area (Å²) in [7, 11) is 0. The molecule has 0 unspecified atom stereocenters. The number of hydrogen-bond acceptors (Lipinski definition) is 3. The molecule has 1 aromatic heterocycles. The van der Waals surface area contributed by atoms with Gasteiger partial charge in [0.1, 0.15) is 5.69 Å². The number of aryl methyl sites for hydroxylation is 1. The van der Waals surface area contributed by atoms with Crippen LogP contribution in [0.3, 0.4) is 0 Å². The zero-order valence-corrected chi connectivity index (χ0v) is 13.5. The van der Waals surface area contributed by atoms with Crippen molar-refractivity contribution in [2.75, 3.05) is 6.61 Å². The van der Waals surface area contributed by atoms with Crippen LogP contribution in [0.15, 0.2) is 48.5 Å². The zero-order chi connectivity index (χ0) is 16.2. The van der Waals surface area contributed by atoms with Crippen molar-refractivity contribution in [3.05, 3.63) is 54.1 Å². The van der Waals surface area contributed by atoms with E-state index in [0.29, 0.717) is 12.2 Å². The van der Waals surface area contributed by atoms with Crippen LogP contribution < -0.4 is 0 Å². The standard InChI is InChI=1S/C19H20N2O2/c1-3-13-21-17-8-6-5-7-16(17)18(20-21)14-9-11-15(12-10-14)19(22)23-4-2/h5-12H,3-4,13H2,1-2H3. The molecule has 0 bridgehead atoms. The second-order valence-electron chi connectivity index (χ2n) is 5.39. The maximum atomic E-state index is 11.8. The van der Waals surface area contributed by atoms with Crippen LogP contribution in [0.25, 0.3) is 22.2 Å². The van der Waals surface area contributed by atoms with Crippen LogP contribution in [0.1, 0.15) is 30.6 Å². The molecule has 0 radical (unpaired) electrons. The van der Waals surface area contributed by atoms with Gasteiger partial charge >= 0.3 is 5.97 Å². The van der Waals surface area contributed by atoms with Crippen molar-refractivity contribution in [2.24, 2.45) is 0 Å². The third-order valence-electron chi connectivity index (χ3n) is 3.76. The van der Waals surface area contributed by atoms with Gasteiger partial charge in [0.25, 0.3) is 0 Å². The Balaban J connectivity index is 2.01. The van der Waals surface area contributed by atoms with E-state index in [1.54, 1.807) is 19.1 Å². The SMILES string of the molecule is CCCn1nc(-c2ccc(C(=O)OCC)cc2)c2ccccc21. The van der Waals surface area contributed by atoms with Crippen LogP contribution in [-0.2, 0) is 11.3 Å². The summed E-state index contributed by atoms with van der Waals surface area (Å²) < 4.78 is 7.07. The van der Waals surface area contributed by atoms with Gasteiger partial charge in [-0.05, 0) is 31.5 Å². The Hall–Kier alpha value is -2.62. The van der Waals surface area contributed by atoms with Crippen molar-refractivity contribution in [3.63, 3.8) is 0 Å². The van der Waals surface area contributed by atoms with E-state index in [0.717, 1.165) is 35.1 Å². The van der Waals surface area contributed by atoms with Gasteiger partial charge in [0.05, 0.1) is 17.7 Å². The lowest BCUT2D eigenvalue weighted by Crippen LogP contribution is -2.04. The van der Waals surface area contributed by atoms with Gasteiger partial charge in [0.2, 0.25) is 0 Å². The fraction of sp³-hybridized carbons (Fsp3) is 0.263. The molecule has 3 aromatic rings. The molecule has 0 aliphatic rings. The van der Waals surface area contributed by atoms with Crippen LogP contribution in [0, 0.1) is 0 Å². The summed E-state index contributed by atoms with van der Waals surface area (Å²) >= 11 is 0. The number of nitrogens with zero attached hydrogens (tertiary/aromatic N) is 2. The first-order chi connectivity index (χ1) is 11.2. The summed E-state index contributed by atoms with van der Waals surface area (Å²) in [5.41, 5.74) is 3.65. The Kier molecular flexibility index (Phi) is 4.42. The molecular formula is C19H20N2O2. The maximum absolute atomic E-state index is 11.8. The number of rotatable bonds is 5. The minimum atomic E-state index is -0.291. The molecule has 1 heterocycles. The molecule has 118 valence electrons.